The summed E-state index contributed by atoms with van der Waals surface area (Å²) < 4.78 is 0. The van der Waals surface area contributed by atoms with Crippen molar-refractivity contribution in [3.63, 3.8) is 0 Å². The maximum atomic E-state index is 10.9. The van der Waals surface area contributed by atoms with Gasteiger partial charge in [-0.25, -0.2) is 4.79 Å². The predicted molar refractivity (Wildman–Crippen MR) is 63.1 cm³/mol. The Morgan fingerprint density at radius 3 is 2.89 bits per heavy atom. The fraction of sp³-hybridized carbons (Fsp3) is 0.182. The van der Waals surface area contributed by atoms with Gasteiger partial charge < -0.3 is 10.4 Å². The molecule has 0 saturated heterocycles. The molecule has 0 aromatic carbocycles. The number of carboxylic acids is 1. The van der Waals surface area contributed by atoms with Crippen LogP contribution in [0.5, 0.6) is 0 Å². The molecule has 0 unspecified atom stereocenters. The second kappa shape index (κ2) is 5.17. The number of carboxylic acid groups (broad SMARTS) is 1. The number of aryl methyl sites for hydroxylation is 1. The second-order valence-electron chi connectivity index (χ2n) is 3.60. The van der Waals surface area contributed by atoms with Crippen molar-refractivity contribution in [2.45, 2.75) is 13.5 Å². The van der Waals surface area contributed by atoms with Gasteiger partial charge in [0.05, 0.1) is 30.3 Å². The number of hydrogen-bond acceptors (Lipinski definition) is 6. The Hall–Kier alpha value is -2.57. The average molecular weight is 245 g/mol. The van der Waals surface area contributed by atoms with Crippen LogP contribution in [0.1, 0.15) is 21.7 Å². The van der Waals surface area contributed by atoms with Gasteiger partial charge in [0.25, 0.3) is 0 Å². The fourth-order valence-electron chi connectivity index (χ4n) is 1.32. The molecule has 0 bridgehead atoms. The summed E-state index contributed by atoms with van der Waals surface area (Å²) in [5, 5.41) is 19.2. The van der Waals surface area contributed by atoms with Crippen molar-refractivity contribution in [3.05, 3.63) is 41.6 Å². The van der Waals surface area contributed by atoms with E-state index in [9.17, 15) is 4.79 Å². The molecule has 0 fully saturated rings. The van der Waals surface area contributed by atoms with E-state index in [1.807, 2.05) is 6.92 Å². The van der Waals surface area contributed by atoms with Crippen LogP contribution in [0, 0.1) is 6.92 Å². The molecule has 0 aliphatic carbocycles. The van der Waals surface area contributed by atoms with Crippen molar-refractivity contribution >= 4 is 11.8 Å². The average Bonchev–Trinajstić information content (AvgIpc) is 2.38. The molecule has 7 heteroatoms. The zero-order chi connectivity index (χ0) is 13.0. The van der Waals surface area contributed by atoms with Crippen molar-refractivity contribution in [2.75, 3.05) is 5.32 Å². The van der Waals surface area contributed by atoms with Gasteiger partial charge in [0.15, 0.2) is 5.82 Å². The lowest BCUT2D eigenvalue weighted by Crippen LogP contribution is -2.10. The zero-order valence-corrected chi connectivity index (χ0v) is 9.66. The maximum Gasteiger partial charge on any atom is 0.339 e. The van der Waals surface area contributed by atoms with Crippen LogP contribution in [0.25, 0.3) is 0 Å². The first-order valence-electron chi connectivity index (χ1n) is 5.23. The molecule has 2 aromatic heterocycles. The fourth-order valence-corrected chi connectivity index (χ4v) is 1.32. The molecule has 0 spiro atoms. The highest BCUT2D eigenvalue weighted by molar-refractivity contribution is 5.92. The van der Waals surface area contributed by atoms with E-state index in [1.54, 1.807) is 12.4 Å². The lowest BCUT2D eigenvalue weighted by molar-refractivity contribution is 0.0697. The van der Waals surface area contributed by atoms with Crippen LogP contribution in [-0.4, -0.2) is 31.2 Å². The molecule has 0 saturated carbocycles. The summed E-state index contributed by atoms with van der Waals surface area (Å²) in [6, 6.07) is 1.39. The summed E-state index contributed by atoms with van der Waals surface area (Å²) in [7, 11) is 0. The van der Waals surface area contributed by atoms with Crippen molar-refractivity contribution < 1.29 is 9.90 Å². The van der Waals surface area contributed by atoms with Gasteiger partial charge in [0.1, 0.15) is 5.56 Å². The number of aromatic carboxylic acids is 1. The topological polar surface area (TPSA) is 101 Å². The number of nitrogens with one attached hydrogen (secondary N) is 1. The van der Waals surface area contributed by atoms with Gasteiger partial charge in [-0.15, -0.1) is 5.10 Å². The van der Waals surface area contributed by atoms with E-state index >= 15 is 0 Å². The molecule has 2 aromatic rings. The van der Waals surface area contributed by atoms with Gasteiger partial charge in [0, 0.05) is 6.20 Å². The van der Waals surface area contributed by atoms with E-state index in [-0.39, 0.29) is 11.4 Å². The number of anilines is 1. The van der Waals surface area contributed by atoms with E-state index in [1.165, 1.54) is 12.3 Å². The van der Waals surface area contributed by atoms with Gasteiger partial charge in [-0.1, -0.05) is 0 Å². The van der Waals surface area contributed by atoms with E-state index in [0.29, 0.717) is 12.2 Å². The summed E-state index contributed by atoms with van der Waals surface area (Å²) >= 11 is 0. The second-order valence-corrected chi connectivity index (χ2v) is 3.60. The molecule has 18 heavy (non-hydrogen) atoms. The first-order chi connectivity index (χ1) is 8.66. The third kappa shape index (κ3) is 2.76. The van der Waals surface area contributed by atoms with Gasteiger partial charge in [-0.2, -0.15) is 5.10 Å². The highest BCUT2D eigenvalue weighted by Gasteiger charge is 2.10. The molecule has 0 amide bonds. The normalized spacial score (nSPS) is 10.1. The summed E-state index contributed by atoms with van der Waals surface area (Å²) in [5.41, 5.74) is 1.59. The van der Waals surface area contributed by atoms with E-state index in [4.69, 9.17) is 5.11 Å². The minimum atomic E-state index is -1.05. The van der Waals surface area contributed by atoms with Crippen molar-refractivity contribution in [2.24, 2.45) is 0 Å². The highest BCUT2D eigenvalue weighted by atomic mass is 16.4. The summed E-state index contributed by atoms with van der Waals surface area (Å²) in [4.78, 5) is 19.2. The minimum Gasteiger partial charge on any atom is -0.478 e. The van der Waals surface area contributed by atoms with E-state index < -0.39 is 5.97 Å². The van der Waals surface area contributed by atoms with Gasteiger partial charge in [-0.05, 0) is 13.0 Å². The third-order valence-electron chi connectivity index (χ3n) is 2.22. The van der Waals surface area contributed by atoms with Crippen molar-refractivity contribution in [1.82, 2.24) is 20.2 Å². The summed E-state index contributed by atoms with van der Waals surface area (Å²) in [6.45, 7) is 2.18. The molecule has 92 valence electrons. The Morgan fingerprint density at radius 1 is 1.39 bits per heavy atom. The molecule has 2 N–H and O–H groups in total. The molecule has 2 heterocycles. The Labute approximate surface area is 103 Å². The minimum absolute atomic E-state index is 0.0741. The summed E-state index contributed by atoms with van der Waals surface area (Å²) in [6.07, 6.45) is 4.60. The van der Waals surface area contributed by atoms with Gasteiger partial charge in [0.2, 0.25) is 0 Å². The van der Waals surface area contributed by atoms with Crippen molar-refractivity contribution in [1.29, 1.82) is 0 Å². The molecule has 0 atom stereocenters. The highest BCUT2D eigenvalue weighted by Crippen LogP contribution is 2.10. The molecular weight excluding hydrogens is 234 g/mol. The number of nitrogens with zero attached hydrogens (tertiary/aromatic N) is 4. The first-order valence-corrected chi connectivity index (χ1v) is 5.23. The van der Waals surface area contributed by atoms with Crippen LogP contribution in [0.4, 0.5) is 5.82 Å². The quantitative estimate of drug-likeness (QED) is 0.824. The molecule has 7 nitrogen and oxygen atoms in total. The lowest BCUT2D eigenvalue weighted by atomic mass is 10.3. The predicted octanol–water partition coefficient (Wildman–Crippen LogP) is 0.885. The Balaban J connectivity index is 2.10. The standard InChI is InChI=1S/C11H11N5O2/c1-7-4-13-8(5-12-7)6-14-10-9(11(17)18)2-3-15-16-10/h2-5H,6H2,1H3,(H,14,16)(H,17,18). The van der Waals surface area contributed by atoms with Crippen LogP contribution < -0.4 is 5.32 Å². The Morgan fingerprint density at radius 2 is 2.22 bits per heavy atom. The van der Waals surface area contributed by atoms with Crippen LogP contribution in [0.2, 0.25) is 0 Å². The molecule has 0 radical (unpaired) electrons. The number of rotatable bonds is 4. The SMILES string of the molecule is Cc1cnc(CNc2nnccc2C(=O)O)cn1. The third-order valence-corrected chi connectivity index (χ3v) is 2.22. The Kier molecular flexibility index (Phi) is 3.42. The largest absolute Gasteiger partial charge is 0.478 e. The number of carbonyl (C=O) groups is 1. The molecule has 0 aliphatic rings. The molecule has 0 aliphatic heterocycles. The van der Waals surface area contributed by atoms with E-state index in [2.05, 4.69) is 25.5 Å². The molecular formula is C11H11N5O2. The van der Waals surface area contributed by atoms with Gasteiger partial charge in [-0.3, -0.25) is 9.97 Å². The lowest BCUT2D eigenvalue weighted by Gasteiger charge is -2.06. The number of aromatic nitrogens is 4. The van der Waals surface area contributed by atoms with E-state index in [0.717, 1.165) is 5.69 Å². The zero-order valence-electron chi connectivity index (χ0n) is 9.66. The van der Waals surface area contributed by atoms with Crippen LogP contribution in [-0.2, 0) is 6.54 Å². The summed E-state index contributed by atoms with van der Waals surface area (Å²) in [5.74, 6) is -0.838. The van der Waals surface area contributed by atoms with Crippen LogP contribution in [0.3, 0.4) is 0 Å². The maximum absolute atomic E-state index is 10.9. The van der Waals surface area contributed by atoms with Crippen LogP contribution >= 0.6 is 0 Å². The first kappa shape index (κ1) is 11.9. The van der Waals surface area contributed by atoms with Crippen molar-refractivity contribution in [3.8, 4) is 0 Å². The monoisotopic (exact) mass is 245 g/mol. The van der Waals surface area contributed by atoms with Crippen LogP contribution in [0.15, 0.2) is 24.7 Å². The van der Waals surface area contributed by atoms with Gasteiger partial charge >= 0.3 is 5.97 Å². The Bertz CT molecular complexity index is 556. The smallest absolute Gasteiger partial charge is 0.339 e. The molecule has 2 rings (SSSR count). The number of hydrogen-bond donors (Lipinski definition) is 2.